The molecule has 1 N–H and O–H groups in total. The van der Waals surface area contributed by atoms with E-state index in [0.717, 1.165) is 11.1 Å². The summed E-state index contributed by atoms with van der Waals surface area (Å²) in [6.45, 7) is 1.27. The number of fused-ring (bicyclic) bond motifs is 1. The molecule has 7 nitrogen and oxygen atoms in total. The molecule has 3 rings (SSSR count). The van der Waals surface area contributed by atoms with Crippen molar-refractivity contribution in [2.75, 3.05) is 27.9 Å². The van der Waals surface area contributed by atoms with Gasteiger partial charge in [-0.1, -0.05) is 12.1 Å². The summed E-state index contributed by atoms with van der Waals surface area (Å²) in [6, 6.07) is 10.8. The Morgan fingerprint density at radius 1 is 1.21 bits per heavy atom. The van der Waals surface area contributed by atoms with Crippen molar-refractivity contribution in [3.05, 3.63) is 58.1 Å². The van der Waals surface area contributed by atoms with Crippen LogP contribution in [0.3, 0.4) is 0 Å². The first kappa shape index (κ1) is 19.7. The summed E-state index contributed by atoms with van der Waals surface area (Å²) >= 11 is 0. The van der Waals surface area contributed by atoms with E-state index < -0.39 is 12.1 Å². The van der Waals surface area contributed by atoms with Crippen LogP contribution < -0.4 is 9.47 Å². The van der Waals surface area contributed by atoms with Gasteiger partial charge in [-0.15, -0.1) is 0 Å². The van der Waals surface area contributed by atoms with E-state index in [1.54, 1.807) is 38.5 Å². The Bertz CT molecular complexity index is 935. The zero-order valence-corrected chi connectivity index (χ0v) is 16.1. The molecule has 1 atom stereocenters. The average molecular weight is 382 g/mol. The van der Waals surface area contributed by atoms with Gasteiger partial charge in [0.25, 0.3) is 0 Å². The van der Waals surface area contributed by atoms with E-state index >= 15 is 0 Å². The number of carbonyl (C=O) groups is 1. The smallest absolute Gasteiger partial charge is 0.339 e. The second-order valence-electron chi connectivity index (χ2n) is 6.49. The molecule has 1 heterocycles. The first-order valence-electron chi connectivity index (χ1n) is 8.78. The van der Waals surface area contributed by atoms with Crippen LogP contribution in [0.15, 0.2) is 30.3 Å². The fourth-order valence-electron chi connectivity index (χ4n) is 3.65. The van der Waals surface area contributed by atoms with Crippen LogP contribution in [0.2, 0.25) is 0 Å². The fraction of sp³-hybridized carbons (Fsp3) is 0.333. The zero-order chi connectivity index (χ0) is 20.3. The van der Waals surface area contributed by atoms with Crippen molar-refractivity contribution in [2.24, 2.45) is 0 Å². The predicted octanol–water partition coefficient (Wildman–Crippen LogP) is 2.41. The second kappa shape index (κ2) is 8.30. The maximum absolute atomic E-state index is 11.9. The van der Waals surface area contributed by atoms with Gasteiger partial charge in [-0.2, -0.15) is 5.26 Å². The number of rotatable bonds is 5. The normalized spacial score (nSPS) is 16.0. The molecule has 0 fully saturated rings. The lowest BCUT2D eigenvalue weighted by Gasteiger charge is -2.34. The van der Waals surface area contributed by atoms with E-state index in [-0.39, 0.29) is 11.1 Å². The van der Waals surface area contributed by atoms with Gasteiger partial charge < -0.3 is 19.3 Å². The van der Waals surface area contributed by atoms with Crippen molar-refractivity contribution in [3.8, 4) is 17.6 Å². The monoisotopic (exact) mass is 382 g/mol. The highest BCUT2D eigenvalue weighted by atomic mass is 16.5. The molecule has 0 unspecified atom stereocenters. The van der Waals surface area contributed by atoms with Crippen LogP contribution in [0.1, 0.15) is 38.7 Å². The van der Waals surface area contributed by atoms with Crippen LogP contribution in [0.4, 0.5) is 0 Å². The highest BCUT2D eigenvalue weighted by Crippen LogP contribution is 2.39. The van der Waals surface area contributed by atoms with Crippen LogP contribution in [-0.4, -0.2) is 43.8 Å². The van der Waals surface area contributed by atoms with Crippen molar-refractivity contribution >= 4 is 5.97 Å². The number of aliphatic hydroxyl groups excluding tert-OH is 1. The lowest BCUT2D eigenvalue weighted by atomic mass is 9.94. The van der Waals surface area contributed by atoms with Crippen molar-refractivity contribution < 1.29 is 24.1 Å². The molecular formula is C21H22N2O5. The fourth-order valence-corrected chi connectivity index (χ4v) is 3.65. The Labute approximate surface area is 163 Å². The Morgan fingerprint density at radius 2 is 1.93 bits per heavy atom. The third-order valence-corrected chi connectivity index (χ3v) is 4.92. The number of aliphatic hydroxyl groups is 1. The maximum Gasteiger partial charge on any atom is 0.339 e. The molecule has 28 heavy (non-hydrogen) atoms. The van der Waals surface area contributed by atoms with E-state index in [2.05, 4.69) is 6.07 Å². The second-order valence-corrected chi connectivity index (χ2v) is 6.49. The number of hydrogen-bond donors (Lipinski definition) is 1. The van der Waals surface area contributed by atoms with Crippen LogP contribution in [-0.2, 0) is 17.8 Å². The Morgan fingerprint density at radius 3 is 2.57 bits per heavy atom. The minimum Gasteiger partial charge on any atom is -0.496 e. The number of nitriles is 1. The highest BCUT2D eigenvalue weighted by Gasteiger charge is 2.30. The maximum atomic E-state index is 11.9. The molecule has 2 aromatic rings. The van der Waals surface area contributed by atoms with E-state index in [0.29, 0.717) is 36.7 Å². The van der Waals surface area contributed by atoms with Crippen LogP contribution in [0, 0.1) is 11.3 Å². The molecule has 0 saturated heterocycles. The quantitative estimate of drug-likeness (QED) is 0.794. The standard InChI is InChI=1S/C21H22N2O5/c1-26-18-7-8-19(27-2)20-16(18)11-23(12-17(20)24)10-13-5-4-6-14(15(13)9-22)21(25)28-3/h4-8,17,24H,10-12H2,1-3H3/t17-/m0/s1. The van der Waals surface area contributed by atoms with Crippen molar-refractivity contribution in [2.45, 2.75) is 19.2 Å². The van der Waals surface area contributed by atoms with Gasteiger partial charge in [0.1, 0.15) is 17.6 Å². The number of benzene rings is 2. The van der Waals surface area contributed by atoms with Crippen LogP contribution in [0.25, 0.3) is 0 Å². The molecule has 2 aromatic carbocycles. The summed E-state index contributed by atoms with van der Waals surface area (Å²) < 4.78 is 15.6. The number of esters is 1. The van der Waals surface area contributed by atoms with Crippen LogP contribution in [0.5, 0.6) is 11.5 Å². The van der Waals surface area contributed by atoms with Crippen molar-refractivity contribution in [1.82, 2.24) is 4.90 Å². The predicted molar refractivity (Wildman–Crippen MR) is 101 cm³/mol. The van der Waals surface area contributed by atoms with E-state index in [4.69, 9.17) is 14.2 Å². The minimum absolute atomic E-state index is 0.236. The lowest BCUT2D eigenvalue weighted by molar-refractivity contribution is 0.0599. The largest absolute Gasteiger partial charge is 0.496 e. The van der Waals surface area contributed by atoms with E-state index in [9.17, 15) is 15.2 Å². The Balaban J connectivity index is 1.95. The van der Waals surface area contributed by atoms with Gasteiger partial charge in [0, 0.05) is 30.8 Å². The first-order valence-corrected chi connectivity index (χ1v) is 8.78. The number of ether oxygens (including phenoxy) is 3. The molecule has 0 bridgehead atoms. The number of nitrogens with zero attached hydrogens (tertiary/aromatic N) is 2. The molecule has 1 aliphatic rings. The van der Waals surface area contributed by atoms with E-state index in [1.807, 2.05) is 11.0 Å². The van der Waals surface area contributed by atoms with Gasteiger partial charge in [-0.25, -0.2) is 4.79 Å². The SMILES string of the molecule is COC(=O)c1cccc(CN2Cc3c(OC)ccc(OC)c3[C@@H](O)C2)c1C#N. The highest BCUT2D eigenvalue weighted by molar-refractivity contribution is 5.92. The average Bonchev–Trinajstić information content (AvgIpc) is 2.72. The number of carbonyl (C=O) groups excluding carboxylic acids is 1. The van der Waals surface area contributed by atoms with Gasteiger partial charge >= 0.3 is 5.97 Å². The molecular weight excluding hydrogens is 360 g/mol. The zero-order valence-electron chi connectivity index (χ0n) is 16.1. The summed E-state index contributed by atoms with van der Waals surface area (Å²) in [5, 5.41) is 20.3. The Hall–Kier alpha value is -3.08. The summed E-state index contributed by atoms with van der Waals surface area (Å²) in [4.78, 5) is 14.0. The summed E-state index contributed by atoms with van der Waals surface area (Å²) in [5.41, 5.74) is 2.79. The lowest BCUT2D eigenvalue weighted by Crippen LogP contribution is -2.34. The molecule has 1 aliphatic heterocycles. The topological polar surface area (TPSA) is 92.0 Å². The molecule has 146 valence electrons. The Kier molecular flexibility index (Phi) is 5.83. The number of β-amino-alcohol motifs (C(OH)–C–C–N with tert-alkyl or cyclic N) is 1. The van der Waals surface area contributed by atoms with Crippen molar-refractivity contribution in [3.63, 3.8) is 0 Å². The van der Waals surface area contributed by atoms with Crippen molar-refractivity contribution in [1.29, 1.82) is 5.26 Å². The van der Waals surface area contributed by atoms with E-state index in [1.165, 1.54) is 7.11 Å². The van der Waals surface area contributed by atoms with Gasteiger partial charge in [-0.05, 0) is 23.8 Å². The molecule has 7 heteroatoms. The molecule has 0 aliphatic carbocycles. The molecule has 0 amide bonds. The van der Waals surface area contributed by atoms with Crippen LogP contribution >= 0.6 is 0 Å². The minimum atomic E-state index is -0.761. The van der Waals surface area contributed by atoms with Gasteiger partial charge in [0.05, 0.1) is 38.6 Å². The first-order chi connectivity index (χ1) is 13.5. The summed E-state index contributed by atoms with van der Waals surface area (Å²) in [6.07, 6.45) is -0.761. The van der Waals surface area contributed by atoms with Gasteiger partial charge in [-0.3, -0.25) is 4.90 Å². The molecule has 0 spiro atoms. The van der Waals surface area contributed by atoms with Gasteiger partial charge in [0.2, 0.25) is 0 Å². The third kappa shape index (κ3) is 3.52. The molecule has 0 saturated carbocycles. The van der Waals surface area contributed by atoms with Gasteiger partial charge in [0.15, 0.2) is 0 Å². The number of methoxy groups -OCH3 is 3. The third-order valence-electron chi connectivity index (χ3n) is 4.92. The number of hydrogen-bond acceptors (Lipinski definition) is 7. The summed E-state index contributed by atoms with van der Waals surface area (Å²) in [5.74, 6) is 0.741. The summed E-state index contributed by atoms with van der Waals surface area (Å²) in [7, 11) is 4.44. The molecule has 0 aromatic heterocycles. The molecule has 0 radical (unpaired) electrons.